The molecule has 2 N–H and O–H groups in total. The highest BCUT2D eigenvalue weighted by Gasteiger charge is 2.30. The third-order valence-corrected chi connectivity index (χ3v) is 4.36. The minimum atomic E-state index is -0.784. The van der Waals surface area contributed by atoms with Crippen LogP contribution in [0.15, 0.2) is 0 Å². The van der Waals surface area contributed by atoms with Crippen LogP contribution in [0.3, 0.4) is 0 Å². The number of aliphatic carboxylic acids is 1. The van der Waals surface area contributed by atoms with Gasteiger partial charge in [0.25, 0.3) is 0 Å². The fourth-order valence-corrected chi connectivity index (χ4v) is 2.64. The molecule has 5 heteroatoms. The van der Waals surface area contributed by atoms with Crippen LogP contribution in [-0.2, 0) is 4.79 Å². The molecule has 1 rings (SSSR count). The van der Waals surface area contributed by atoms with Crippen LogP contribution in [0.2, 0.25) is 0 Å². The van der Waals surface area contributed by atoms with E-state index in [4.69, 9.17) is 0 Å². The van der Waals surface area contributed by atoms with Crippen molar-refractivity contribution in [3.63, 3.8) is 0 Å². The van der Waals surface area contributed by atoms with E-state index in [0.29, 0.717) is 12.5 Å². The Morgan fingerprint density at radius 2 is 2.11 bits per heavy atom. The van der Waals surface area contributed by atoms with Crippen LogP contribution in [0, 0.1) is 0 Å². The summed E-state index contributed by atoms with van der Waals surface area (Å²) in [7, 11) is 3.88. The largest absolute Gasteiger partial charge is 0.480 e. The number of rotatable bonds is 7. The summed E-state index contributed by atoms with van der Waals surface area (Å²) in [4.78, 5) is 16.0. The van der Waals surface area contributed by atoms with Gasteiger partial charge in [0, 0.05) is 25.7 Å². The summed E-state index contributed by atoms with van der Waals surface area (Å²) in [6, 6.07) is 0.605. The molecule has 112 valence electrons. The summed E-state index contributed by atoms with van der Waals surface area (Å²) in [5, 5.41) is 12.1. The predicted octanol–water partition coefficient (Wildman–Crippen LogP) is 0.855. The number of hydrogen-bond acceptors (Lipinski definition) is 4. The number of nitrogens with one attached hydrogen (secondary N) is 1. The molecular formula is C14H29N3O2. The Balaban J connectivity index is 2.25. The van der Waals surface area contributed by atoms with Crippen molar-refractivity contribution < 1.29 is 9.90 Å². The molecule has 0 radical (unpaired) electrons. The minimum Gasteiger partial charge on any atom is -0.480 e. The van der Waals surface area contributed by atoms with Crippen molar-refractivity contribution in [2.24, 2.45) is 0 Å². The molecule has 0 spiro atoms. The second-order valence-corrected chi connectivity index (χ2v) is 5.99. The molecule has 0 amide bonds. The Kier molecular flexibility index (Phi) is 6.23. The fraction of sp³-hybridized carbons (Fsp3) is 0.929. The standard InChI is InChI=1S/C14H29N3O2/c1-12-11-16(4)9-10-17(12)8-6-5-7-14(2,15-3)13(18)19/h12,15H,5-11H2,1-4H3,(H,18,19). The predicted molar refractivity (Wildman–Crippen MR) is 77.5 cm³/mol. The number of carboxylic acids is 1. The van der Waals surface area contributed by atoms with Gasteiger partial charge in [-0.25, -0.2) is 0 Å². The molecule has 1 aliphatic rings. The van der Waals surface area contributed by atoms with Crippen molar-refractivity contribution in [1.29, 1.82) is 0 Å². The third kappa shape index (κ3) is 4.75. The van der Waals surface area contributed by atoms with E-state index in [1.165, 1.54) is 0 Å². The molecule has 0 saturated carbocycles. The Morgan fingerprint density at radius 3 is 2.63 bits per heavy atom. The smallest absolute Gasteiger partial charge is 0.323 e. The average molecular weight is 271 g/mol. The Hall–Kier alpha value is -0.650. The molecule has 0 aromatic heterocycles. The SMILES string of the molecule is CNC(C)(CCCCN1CCN(C)CC1C)C(=O)O. The second-order valence-electron chi connectivity index (χ2n) is 5.99. The van der Waals surface area contributed by atoms with Crippen molar-refractivity contribution >= 4 is 5.97 Å². The zero-order valence-corrected chi connectivity index (χ0v) is 12.8. The van der Waals surface area contributed by atoms with Crippen molar-refractivity contribution in [1.82, 2.24) is 15.1 Å². The van der Waals surface area contributed by atoms with Crippen molar-refractivity contribution in [3.8, 4) is 0 Å². The van der Waals surface area contributed by atoms with Gasteiger partial charge in [0.15, 0.2) is 0 Å². The lowest BCUT2D eigenvalue weighted by Crippen LogP contribution is -2.50. The van der Waals surface area contributed by atoms with Crippen LogP contribution in [-0.4, -0.2) is 72.7 Å². The first-order valence-corrected chi connectivity index (χ1v) is 7.24. The van der Waals surface area contributed by atoms with Crippen LogP contribution in [0.5, 0.6) is 0 Å². The maximum Gasteiger partial charge on any atom is 0.323 e. The Morgan fingerprint density at radius 1 is 1.42 bits per heavy atom. The van der Waals surface area contributed by atoms with Crippen molar-refractivity contribution in [2.45, 2.75) is 44.7 Å². The zero-order valence-electron chi connectivity index (χ0n) is 12.8. The van der Waals surface area contributed by atoms with E-state index in [0.717, 1.165) is 39.0 Å². The first kappa shape index (κ1) is 16.4. The second kappa shape index (κ2) is 7.22. The van der Waals surface area contributed by atoms with E-state index >= 15 is 0 Å². The van der Waals surface area contributed by atoms with Gasteiger partial charge in [-0.05, 0) is 53.8 Å². The van der Waals surface area contributed by atoms with Gasteiger partial charge in [-0.2, -0.15) is 0 Å². The van der Waals surface area contributed by atoms with E-state index in [9.17, 15) is 9.90 Å². The van der Waals surface area contributed by atoms with Gasteiger partial charge in [-0.15, -0.1) is 0 Å². The molecular weight excluding hydrogens is 242 g/mol. The van der Waals surface area contributed by atoms with Gasteiger partial charge in [-0.1, -0.05) is 0 Å². The number of hydrogen-bond donors (Lipinski definition) is 2. The zero-order chi connectivity index (χ0) is 14.5. The van der Waals surface area contributed by atoms with E-state index in [2.05, 4.69) is 29.1 Å². The molecule has 1 fully saturated rings. The molecule has 5 nitrogen and oxygen atoms in total. The monoisotopic (exact) mass is 271 g/mol. The molecule has 0 aromatic rings. The quantitative estimate of drug-likeness (QED) is 0.673. The fourth-order valence-electron chi connectivity index (χ4n) is 2.64. The van der Waals surface area contributed by atoms with E-state index in [1.807, 2.05) is 0 Å². The number of likely N-dealkylation sites (N-methyl/N-ethyl adjacent to an activating group) is 2. The van der Waals surface area contributed by atoms with Crippen molar-refractivity contribution in [2.75, 3.05) is 40.3 Å². The van der Waals surface area contributed by atoms with Crippen LogP contribution in [0.25, 0.3) is 0 Å². The first-order valence-electron chi connectivity index (χ1n) is 7.24. The highest BCUT2D eigenvalue weighted by molar-refractivity contribution is 5.78. The molecule has 19 heavy (non-hydrogen) atoms. The van der Waals surface area contributed by atoms with Gasteiger partial charge in [-0.3, -0.25) is 9.69 Å². The molecule has 1 heterocycles. The molecule has 1 aliphatic heterocycles. The summed E-state index contributed by atoms with van der Waals surface area (Å²) in [5.74, 6) is -0.761. The molecule has 0 aromatic carbocycles. The average Bonchev–Trinajstić information content (AvgIpc) is 2.36. The lowest BCUT2D eigenvalue weighted by molar-refractivity contribution is -0.144. The van der Waals surface area contributed by atoms with E-state index in [1.54, 1.807) is 14.0 Å². The Labute approximate surface area is 117 Å². The molecule has 1 saturated heterocycles. The van der Waals surface area contributed by atoms with Crippen molar-refractivity contribution in [3.05, 3.63) is 0 Å². The van der Waals surface area contributed by atoms with Gasteiger partial charge in [0.2, 0.25) is 0 Å². The number of unbranched alkanes of at least 4 members (excludes halogenated alkanes) is 1. The lowest BCUT2D eigenvalue weighted by Gasteiger charge is -2.38. The van der Waals surface area contributed by atoms with Crippen LogP contribution >= 0.6 is 0 Å². The molecule has 0 bridgehead atoms. The molecule has 2 atom stereocenters. The number of carbonyl (C=O) groups is 1. The molecule has 0 aliphatic carbocycles. The molecule has 2 unspecified atom stereocenters. The van der Waals surface area contributed by atoms with Crippen LogP contribution in [0.4, 0.5) is 0 Å². The highest BCUT2D eigenvalue weighted by Crippen LogP contribution is 2.15. The maximum atomic E-state index is 11.2. The summed E-state index contributed by atoms with van der Waals surface area (Å²) in [6.07, 6.45) is 2.70. The van der Waals surface area contributed by atoms with Gasteiger partial charge >= 0.3 is 5.97 Å². The topological polar surface area (TPSA) is 55.8 Å². The van der Waals surface area contributed by atoms with Gasteiger partial charge in [0.1, 0.15) is 5.54 Å². The first-order chi connectivity index (χ1) is 8.89. The minimum absolute atomic E-state index is 0.605. The van der Waals surface area contributed by atoms with Crippen LogP contribution in [0.1, 0.15) is 33.1 Å². The Bertz CT molecular complexity index is 298. The number of nitrogens with zero attached hydrogens (tertiary/aromatic N) is 2. The van der Waals surface area contributed by atoms with Gasteiger partial charge in [0.05, 0.1) is 0 Å². The maximum absolute atomic E-state index is 11.2. The summed E-state index contributed by atoms with van der Waals surface area (Å²) in [5.41, 5.74) is -0.784. The van der Waals surface area contributed by atoms with Crippen LogP contribution < -0.4 is 5.32 Å². The summed E-state index contributed by atoms with van der Waals surface area (Å²) >= 11 is 0. The summed E-state index contributed by atoms with van der Waals surface area (Å²) in [6.45, 7) is 8.49. The van der Waals surface area contributed by atoms with E-state index < -0.39 is 11.5 Å². The van der Waals surface area contributed by atoms with E-state index in [-0.39, 0.29) is 0 Å². The lowest BCUT2D eigenvalue weighted by atomic mass is 9.95. The van der Waals surface area contributed by atoms with Gasteiger partial charge < -0.3 is 15.3 Å². The number of carboxylic acid groups (broad SMARTS) is 1. The third-order valence-electron chi connectivity index (χ3n) is 4.36. The number of piperazine rings is 1. The normalized spacial score (nSPS) is 25.2. The highest BCUT2D eigenvalue weighted by atomic mass is 16.4. The summed E-state index contributed by atoms with van der Waals surface area (Å²) < 4.78 is 0.